The molecule has 0 radical (unpaired) electrons. The average Bonchev–Trinajstić information content (AvgIpc) is 2.96. The van der Waals surface area contributed by atoms with E-state index < -0.39 is 5.54 Å². The molecule has 3 aromatic carbocycles. The van der Waals surface area contributed by atoms with Crippen molar-refractivity contribution in [1.82, 2.24) is 0 Å². The lowest BCUT2D eigenvalue weighted by molar-refractivity contribution is 0.0941. The van der Waals surface area contributed by atoms with Gasteiger partial charge in [-0.2, -0.15) is 5.26 Å². The van der Waals surface area contributed by atoms with Gasteiger partial charge in [0, 0.05) is 11.3 Å². The molecule has 3 heteroatoms. The largest absolute Gasteiger partial charge is 0.365 e. The Morgan fingerprint density at radius 1 is 0.792 bits per heavy atom. The van der Waals surface area contributed by atoms with E-state index in [0.29, 0.717) is 11.1 Å². The molecule has 1 unspecified atom stereocenters. The number of hydrogen-bond donors (Lipinski definition) is 1. The summed E-state index contributed by atoms with van der Waals surface area (Å²) in [6.45, 7) is 0. The molecule has 4 rings (SSSR count). The first-order chi connectivity index (χ1) is 11.8. The maximum atomic E-state index is 13.3. The van der Waals surface area contributed by atoms with Crippen LogP contribution in [-0.2, 0) is 5.54 Å². The Balaban J connectivity index is 1.96. The van der Waals surface area contributed by atoms with Crippen molar-refractivity contribution in [3.05, 3.63) is 101 Å². The number of hydrogen-bond acceptors (Lipinski definition) is 3. The molecule has 1 aliphatic rings. The second kappa shape index (κ2) is 5.36. The molecule has 1 atom stereocenters. The van der Waals surface area contributed by atoms with Gasteiger partial charge in [-0.1, -0.05) is 54.6 Å². The fraction of sp³-hybridized carbons (Fsp3) is 0.0476. The van der Waals surface area contributed by atoms with E-state index in [9.17, 15) is 4.79 Å². The number of Topliss-reactive ketones (excluding diaryl/α,β-unsaturated/α-hetero) is 1. The smallest absolute Gasteiger partial charge is 0.199 e. The summed E-state index contributed by atoms with van der Waals surface area (Å²) >= 11 is 0. The molecular formula is C21H14N2O. The number of carbonyl (C=O) groups is 1. The number of ketones is 1. The molecule has 24 heavy (non-hydrogen) atoms. The number of anilines is 1. The van der Waals surface area contributed by atoms with Gasteiger partial charge in [-0.25, -0.2) is 0 Å². The van der Waals surface area contributed by atoms with Crippen molar-refractivity contribution < 1.29 is 4.79 Å². The number of nitriles is 1. The van der Waals surface area contributed by atoms with Crippen LogP contribution in [0.25, 0.3) is 0 Å². The first-order valence-corrected chi connectivity index (χ1v) is 7.74. The number of carbonyl (C=O) groups excluding carboxylic acids is 1. The summed E-state index contributed by atoms with van der Waals surface area (Å²) in [5.74, 6) is 0.0222. The summed E-state index contributed by atoms with van der Waals surface area (Å²) in [6.07, 6.45) is 0. The van der Waals surface area contributed by atoms with Crippen molar-refractivity contribution in [3.8, 4) is 6.07 Å². The molecule has 1 N–H and O–H groups in total. The normalized spacial score (nSPS) is 18.5. The second-order valence-electron chi connectivity index (χ2n) is 5.80. The van der Waals surface area contributed by atoms with Gasteiger partial charge in [-0.05, 0) is 35.4 Å². The summed E-state index contributed by atoms with van der Waals surface area (Å²) in [5, 5.41) is 12.5. The Labute approximate surface area is 140 Å². The fourth-order valence-electron chi connectivity index (χ4n) is 3.31. The summed E-state index contributed by atoms with van der Waals surface area (Å²) in [4.78, 5) is 13.3. The third kappa shape index (κ3) is 1.94. The van der Waals surface area contributed by atoms with Crippen LogP contribution in [0.4, 0.5) is 5.69 Å². The SMILES string of the molecule is N#Cc1ccc(C2(c3ccccc3)Nc3ccccc3C2=O)cc1. The number of nitrogens with one attached hydrogen (secondary N) is 1. The zero-order valence-corrected chi connectivity index (χ0v) is 12.9. The maximum Gasteiger partial charge on any atom is 0.199 e. The van der Waals surface area contributed by atoms with E-state index in [2.05, 4.69) is 11.4 Å². The summed E-state index contributed by atoms with van der Waals surface area (Å²) in [6, 6.07) is 26.6. The Hall–Kier alpha value is -3.38. The van der Waals surface area contributed by atoms with E-state index >= 15 is 0 Å². The molecule has 0 amide bonds. The van der Waals surface area contributed by atoms with Gasteiger partial charge < -0.3 is 5.32 Å². The molecular weight excluding hydrogens is 296 g/mol. The number of benzene rings is 3. The van der Waals surface area contributed by atoms with E-state index in [1.54, 1.807) is 12.1 Å². The van der Waals surface area contributed by atoms with E-state index in [1.807, 2.05) is 66.7 Å². The zero-order chi connectivity index (χ0) is 16.6. The highest BCUT2D eigenvalue weighted by Gasteiger charge is 2.47. The minimum Gasteiger partial charge on any atom is -0.365 e. The van der Waals surface area contributed by atoms with Crippen molar-refractivity contribution in [2.24, 2.45) is 0 Å². The molecule has 3 aromatic rings. The van der Waals surface area contributed by atoms with Crippen LogP contribution in [0.2, 0.25) is 0 Å². The minimum atomic E-state index is -0.959. The predicted molar refractivity (Wildman–Crippen MR) is 92.8 cm³/mol. The van der Waals surface area contributed by atoms with Crippen molar-refractivity contribution in [2.75, 3.05) is 5.32 Å². The van der Waals surface area contributed by atoms with Gasteiger partial charge in [0.05, 0.1) is 11.6 Å². The first-order valence-electron chi connectivity index (χ1n) is 7.74. The molecule has 114 valence electrons. The number of rotatable bonds is 2. The summed E-state index contributed by atoms with van der Waals surface area (Å²) < 4.78 is 0. The molecule has 0 fully saturated rings. The van der Waals surface area contributed by atoms with Gasteiger partial charge in [0.2, 0.25) is 0 Å². The topological polar surface area (TPSA) is 52.9 Å². The van der Waals surface area contributed by atoms with Crippen LogP contribution in [0.1, 0.15) is 27.0 Å². The second-order valence-corrected chi connectivity index (χ2v) is 5.80. The van der Waals surface area contributed by atoms with Crippen molar-refractivity contribution >= 4 is 11.5 Å². The average molecular weight is 310 g/mol. The molecule has 3 nitrogen and oxygen atoms in total. The monoisotopic (exact) mass is 310 g/mol. The van der Waals surface area contributed by atoms with Crippen LogP contribution in [0.3, 0.4) is 0 Å². The van der Waals surface area contributed by atoms with Crippen molar-refractivity contribution in [1.29, 1.82) is 5.26 Å². The van der Waals surface area contributed by atoms with Crippen molar-refractivity contribution in [3.63, 3.8) is 0 Å². The van der Waals surface area contributed by atoms with Crippen LogP contribution in [0.5, 0.6) is 0 Å². The van der Waals surface area contributed by atoms with Crippen molar-refractivity contribution in [2.45, 2.75) is 5.54 Å². The lowest BCUT2D eigenvalue weighted by Crippen LogP contribution is -2.39. The highest BCUT2D eigenvalue weighted by atomic mass is 16.1. The van der Waals surface area contributed by atoms with Gasteiger partial charge in [-0.15, -0.1) is 0 Å². The number of fused-ring (bicyclic) bond motifs is 1. The van der Waals surface area contributed by atoms with Crippen LogP contribution in [-0.4, -0.2) is 5.78 Å². The molecule has 0 saturated carbocycles. The fourth-order valence-corrected chi connectivity index (χ4v) is 3.31. The first kappa shape index (κ1) is 14.2. The third-order valence-corrected chi connectivity index (χ3v) is 4.49. The van der Waals surface area contributed by atoms with Crippen LogP contribution >= 0.6 is 0 Å². The highest BCUT2D eigenvalue weighted by Crippen LogP contribution is 2.43. The Morgan fingerprint density at radius 2 is 1.42 bits per heavy atom. The highest BCUT2D eigenvalue weighted by molar-refractivity contribution is 6.15. The van der Waals surface area contributed by atoms with Gasteiger partial charge in [0.25, 0.3) is 0 Å². The van der Waals surface area contributed by atoms with Gasteiger partial charge in [-0.3, -0.25) is 4.79 Å². The van der Waals surface area contributed by atoms with Gasteiger partial charge in [0.15, 0.2) is 11.3 Å². The zero-order valence-electron chi connectivity index (χ0n) is 12.9. The van der Waals surface area contributed by atoms with E-state index in [-0.39, 0.29) is 5.78 Å². The van der Waals surface area contributed by atoms with E-state index in [1.165, 1.54) is 0 Å². The lowest BCUT2D eigenvalue weighted by atomic mass is 9.79. The summed E-state index contributed by atoms with van der Waals surface area (Å²) in [5.41, 5.74) is 2.84. The standard InChI is InChI=1S/C21H14N2O/c22-14-15-10-12-17(13-11-15)21(16-6-2-1-3-7-16)20(24)18-8-4-5-9-19(18)23-21/h1-13,23H. The molecule has 0 aliphatic carbocycles. The molecule has 1 heterocycles. The molecule has 0 spiro atoms. The molecule has 1 aliphatic heterocycles. The van der Waals surface area contributed by atoms with Gasteiger partial charge in [0.1, 0.15) is 0 Å². The number of para-hydroxylation sites is 1. The van der Waals surface area contributed by atoms with Gasteiger partial charge >= 0.3 is 0 Å². The Kier molecular flexibility index (Phi) is 3.18. The Morgan fingerprint density at radius 3 is 2.08 bits per heavy atom. The van der Waals surface area contributed by atoms with Crippen LogP contribution in [0.15, 0.2) is 78.9 Å². The summed E-state index contributed by atoms with van der Waals surface area (Å²) in [7, 11) is 0. The molecule has 0 bridgehead atoms. The molecule has 0 aromatic heterocycles. The Bertz CT molecular complexity index is 955. The van der Waals surface area contributed by atoms with E-state index in [4.69, 9.17) is 5.26 Å². The maximum absolute atomic E-state index is 13.3. The lowest BCUT2D eigenvalue weighted by Gasteiger charge is -2.30. The van der Waals surface area contributed by atoms with Crippen LogP contribution < -0.4 is 5.32 Å². The van der Waals surface area contributed by atoms with Crippen LogP contribution in [0, 0.1) is 11.3 Å². The number of nitrogens with zero attached hydrogens (tertiary/aromatic N) is 1. The third-order valence-electron chi connectivity index (χ3n) is 4.49. The quantitative estimate of drug-likeness (QED) is 0.775. The molecule has 0 saturated heterocycles. The van der Waals surface area contributed by atoms with E-state index in [0.717, 1.165) is 16.8 Å². The minimum absolute atomic E-state index is 0.0222. The predicted octanol–water partition coefficient (Wildman–Crippen LogP) is 4.11.